The van der Waals surface area contributed by atoms with Crippen LogP contribution in [-0.2, 0) is 13.2 Å². The first kappa shape index (κ1) is 22.5. The molecule has 0 unspecified atom stereocenters. The average Bonchev–Trinajstić information content (AvgIpc) is 3.58. The SMILES string of the molecule is OCc1ccn2c(-c3ccnc(NCc4nnc(-c5ccccc5)o4)n3)c(-c3ccc(F)cc3)nc2c1. The van der Waals surface area contributed by atoms with E-state index in [4.69, 9.17) is 14.4 Å². The molecule has 0 saturated heterocycles. The molecule has 10 heteroatoms. The zero-order chi connectivity index (χ0) is 25.2. The Morgan fingerprint density at radius 3 is 2.57 bits per heavy atom. The fraction of sp³-hybridized carbons (Fsp3) is 0.0741. The third kappa shape index (κ3) is 4.53. The van der Waals surface area contributed by atoms with Gasteiger partial charge in [0.25, 0.3) is 0 Å². The van der Waals surface area contributed by atoms with E-state index in [-0.39, 0.29) is 19.0 Å². The summed E-state index contributed by atoms with van der Waals surface area (Å²) in [4.78, 5) is 13.8. The number of aliphatic hydroxyl groups excluding tert-OH is 1. The smallest absolute Gasteiger partial charge is 0.247 e. The van der Waals surface area contributed by atoms with Gasteiger partial charge in [-0.25, -0.2) is 19.3 Å². The molecule has 182 valence electrons. The molecule has 0 aliphatic carbocycles. The van der Waals surface area contributed by atoms with Crippen LogP contribution in [0.3, 0.4) is 0 Å². The first-order chi connectivity index (χ1) is 18.2. The summed E-state index contributed by atoms with van der Waals surface area (Å²) >= 11 is 0. The fourth-order valence-electron chi connectivity index (χ4n) is 3.99. The van der Waals surface area contributed by atoms with Crippen LogP contribution in [-0.4, -0.2) is 34.7 Å². The number of nitrogens with zero attached hydrogens (tertiary/aromatic N) is 6. The van der Waals surface area contributed by atoms with Gasteiger partial charge in [0.15, 0.2) is 0 Å². The van der Waals surface area contributed by atoms with Gasteiger partial charge in [-0.1, -0.05) is 18.2 Å². The highest BCUT2D eigenvalue weighted by molar-refractivity contribution is 5.80. The molecule has 0 aliphatic rings. The molecular weight excluding hydrogens is 473 g/mol. The van der Waals surface area contributed by atoms with Gasteiger partial charge in [0.1, 0.15) is 11.5 Å². The summed E-state index contributed by atoms with van der Waals surface area (Å²) in [7, 11) is 0. The minimum atomic E-state index is -0.332. The number of imidazole rings is 1. The zero-order valence-electron chi connectivity index (χ0n) is 19.4. The monoisotopic (exact) mass is 493 g/mol. The van der Waals surface area contributed by atoms with E-state index in [9.17, 15) is 9.50 Å². The highest BCUT2D eigenvalue weighted by atomic mass is 19.1. The predicted molar refractivity (Wildman–Crippen MR) is 135 cm³/mol. The number of benzene rings is 2. The molecule has 6 aromatic rings. The lowest BCUT2D eigenvalue weighted by molar-refractivity contribution is 0.282. The molecule has 0 spiro atoms. The van der Waals surface area contributed by atoms with Crippen LogP contribution >= 0.6 is 0 Å². The molecule has 9 nitrogen and oxygen atoms in total. The summed E-state index contributed by atoms with van der Waals surface area (Å²) < 4.78 is 21.2. The van der Waals surface area contributed by atoms with Gasteiger partial charge in [0.2, 0.25) is 17.7 Å². The van der Waals surface area contributed by atoms with Crippen molar-refractivity contribution in [3.05, 3.63) is 102 Å². The van der Waals surface area contributed by atoms with E-state index < -0.39 is 0 Å². The lowest BCUT2D eigenvalue weighted by Gasteiger charge is -2.08. The number of halogens is 1. The van der Waals surface area contributed by atoms with E-state index >= 15 is 0 Å². The molecule has 0 saturated carbocycles. The van der Waals surface area contributed by atoms with E-state index in [0.29, 0.717) is 40.5 Å². The molecule has 0 amide bonds. The Kier molecular flexibility index (Phi) is 5.83. The quantitative estimate of drug-likeness (QED) is 0.327. The highest BCUT2D eigenvalue weighted by Crippen LogP contribution is 2.32. The lowest BCUT2D eigenvalue weighted by Crippen LogP contribution is -2.05. The van der Waals surface area contributed by atoms with Gasteiger partial charge < -0.3 is 14.8 Å². The van der Waals surface area contributed by atoms with E-state index in [2.05, 4.69) is 20.5 Å². The van der Waals surface area contributed by atoms with Crippen LogP contribution in [0.4, 0.5) is 10.3 Å². The Labute approximate surface area is 210 Å². The van der Waals surface area contributed by atoms with Crippen molar-refractivity contribution in [2.24, 2.45) is 0 Å². The Bertz CT molecular complexity index is 1680. The van der Waals surface area contributed by atoms with Gasteiger partial charge in [-0.2, -0.15) is 0 Å². The van der Waals surface area contributed by atoms with Gasteiger partial charge in [-0.3, -0.25) is 4.40 Å². The van der Waals surface area contributed by atoms with Crippen molar-refractivity contribution < 1.29 is 13.9 Å². The highest BCUT2D eigenvalue weighted by Gasteiger charge is 2.18. The van der Waals surface area contributed by atoms with Crippen LogP contribution in [0.5, 0.6) is 0 Å². The first-order valence-corrected chi connectivity index (χ1v) is 11.5. The minimum absolute atomic E-state index is 0.103. The summed E-state index contributed by atoms with van der Waals surface area (Å²) in [5.74, 6) is 0.862. The number of rotatable bonds is 7. The van der Waals surface area contributed by atoms with E-state index in [1.807, 2.05) is 47.0 Å². The molecule has 4 aromatic heterocycles. The van der Waals surface area contributed by atoms with E-state index in [0.717, 1.165) is 16.7 Å². The van der Waals surface area contributed by atoms with Gasteiger partial charge in [0.05, 0.1) is 30.2 Å². The van der Waals surface area contributed by atoms with Crippen LogP contribution in [0.15, 0.2) is 89.6 Å². The maximum absolute atomic E-state index is 13.6. The van der Waals surface area contributed by atoms with Crippen molar-refractivity contribution in [1.82, 2.24) is 29.5 Å². The predicted octanol–water partition coefficient (Wildman–Crippen LogP) is 4.75. The van der Waals surface area contributed by atoms with Crippen LogP contribution < -0.4 is 5.32 Å². The largest absolute Gasteiger partial charge is 0.419 e. The van der Waals surface area contributed by atoms with Gasteiger partial charge >= 0.3 is 0 Å². The second-order valence-corrected chi connectivity index (χ2v) is 8.22. The Morgan fingerprint density at radius 2 is 1.76 bits per heavy atom. The standard InChI is InChI=1S/C27H20FN7O2/c28-20-8-6-18(7-9-20)24-25(35-13-11-17(16-36)14-22(35)32-24)21-10-12-29-27(31-21)30-15-23-33-34-26(37-23)19-4-2-1-3-5-19/h1-14,36H,15-16H2,(H,29,30,31). The molecule has 0 fully saturated rings. The molecule has 0 radical (unpaired) electrons. The number of aliphatic hydroxyl groups is 1. The van der Waals surface area contributed by atoms with E-state index in [1.54, 1.807) is 30.5 Å². The van der Waals surface area contributed by atoms with Crippen molar-refractivity contribution in [2.45, 2.75) is 13.2 Å². The summed E-state index contributed by atoms with van der Waals surface area (Å²) in [5, 5.41) is 20.9. The van der Waals surface area contributed by atoms with E-state index in [1.165, 1.54) is 12.1 Å². The molecule has 0 atom stereocenters. The second kappa shape index (κ2) is 9.59. The summed E-state index contributed by atoms with van der Waals surface area (Å²) in [6.45, 7) is 0.134. The van der Waals surface area contributed by atoms with Crippen LogP contribution in [0, 0.1) is 5.82 Å². The Morgan fingerprint density at radius 1 is 0.919 bits per heavy atom. The Hall–Kier alpha value is -4.96. The Balaban J connectivity index is 1.33. The number of aromatic nitrogens is 6. The number of fused-ring (bicyclic) bond motifs is 1. The average molecular weight is 494 g/mol. The molecule has 0 bridgehead atoms. The number of pyridine rings is 1. The topological polar surface area (TPSA) is 114 Å². The zero-order valence-corrected chi connectivity index (χ0v) is 19.4. The van der Waals surface area contributed by atoms with Crippen molar-refractivity contribution in [2.75, 3.05) is 5.32 Å². The molecule has 2 aromatic carbocycles. The third-order valence-electron chi connectivity index (χ3n) is 5.77. The summed E-state index contributed by atoms with van der Waals surface area (Å²) in [5.41, 5.74) is 4.88. The summed E-state index contributed by atoms with van der Waals surface area (Å²) in [6, 6.07) is 21.1. The normalized spacial score (nSPS) is 11.2. The van der Waals surface area contributed by atoms with Crippen molar-refractivity contribution >= 4 is 11.6 Å². The molecule has 2 N–H and O–H groups in total. The van der Waals surface area contributed by atoms with Crippen molar-refractivity contribution in [3.63, 3.8) is 0 Å². The van der Waals surface area contributed by atoms with Crippen LogP contribution in [0.2, 0.25) is 0 Å². The maximum atomic E-state index is 13.6. The molecule has 6 rings (SSSR count). The minimum Gasteiger partial charge on any atom is -0.419 e. The third-order valence-corrected chi connectivity index (χ3v) is 5.77. The summed E-state index contributed by atoms with van der Waals surface area (Å²) in [6.07, 6.45) is 3.47. The second-order valence-electron chi connectivity index (χ2n) is 8.22. The number of hydrogen-bond donors (Lipinski definition) is 2. The maximum Gasteiger partial charge on any atom is 0.247 e. The first-order valence-electron chi connectivity index (χ1n) is 11.5. The van der Waals surface area contributed by atoms with Gasteiger partial charge in [-0.15, -0.1) is 10.2 Å². The molecule has 4 heterocycles. The van der Waals surface area contributed by atoms with Crippen LogP contribution in [0.25, 0.3) is 39.7 Å². The molecular formula is C27H20FN7O2. The lowest BCUT2D eigenvalue weighted by atomic mass is 10.1. The van der Waals surface area contributed by atoms with Crippen molar-refractivity contribution in [1.29, 1.82) is 0 Å². The number of nitrogens with one attached hydrogen (secondary N) is 1. The molecule has 37 heavy (non-hydrogen) atoms. The van der Waals surface area contributed by atoms with Gasteiger partial charge in [-0.05, 0) is 60.2 Å². The number of anilines is 1. The van der Waals surface area contributed by atoms with Gasteiger partial charge in [0, 0.05) is 23.5 Å². The molecule has 0 aliphatic heterocycles. The fourth-order valence-corrected chi connectivity index (χ4v) is 3.99. The van der Waals surface area contributed by atoms with Crippen molar-refractivity contribution in [3.8, 4) is 34.1 Å². The number of hydrogen-bond acceptors (Lipinski definition) is 8. The van der Waals surface area contributed by atoms with Crippen LogP contribution in [0.1, 0.15) is 11.5 Å².